The predicted molar refractivity (Wildman–Crippen MR) is 89.9 cm³/mol. The van der Waals surface area contributed by atoms with Gasteiger partial charge in [0.2, 0.25) is 0 Å². The highest BCUT2D eigenvalue weighted by Gasteiger charge is 2.10. The van der Waals surface area contributed by atoms with E-state index in [0.29, 0.717) is 16.5 Å². The molecule has 4 heteroatoms. The molecule has 1 nitrogen and oxygen atoms in total. The molecule has 0 aliphatic heterocycles. The number of thioether (sulfide) groups is 1. The van der Waals surface area contributed by atoms with Crippen LogP contribution in [0, 0.1) is 0 Å². The molecular formula is C16H17Cl2NS. The van der Waals surface area contributed by atoms with Gasteiger partial charge in [0, 0.05) is 21.0 Å². The van der Waals surface area contributed by atoms with E-state index in [-0.39, 0.29) is 6.04 Å². The first-order valence-corrected chi connectivity index (χ1v) is 8.26. The topological polar surface area (TPSA) is 26.0 Å². The summed E-state index contributed by atoms with van der Waals surface area (Å²) in [5.74, 6) is 1.07. The first kappa shape index (κ1) is 15.7. The fraction of sp³-hybridized carbons (Fsp3) is 0.250. The molecule has 106 valence electrons. The average molecular weight is 326 g/mol. The smallest absolute Gasteiger partial charge is 0.0439 e. The molecule has 2 rings (SSSR count). The minimum Gasteiger partial charge on any atom is -0.324 e. The zero-order chi connectivity index (χ0) is 14.5. The van der Waals surface area contributed by atoms with Crippen LogP contribution in [0.5, 0.6) is 0 Å². The maximum absolute atomic E-state index is 6.26. The van der Waals surface area contributed by atoms with Crippen molar-refractivity contribution in [2.24, 2.45) is 5.73 Å². The van der Waals surface area contributed by atoms with E-state index in [4.69, 9.17) is 28.9 Å². The fourth-order valence-corrected chi connectivity index (χ4v) is 3.08. The highest BCUT2D eigenvalue weighted by molar-refractivity contribution is 7.99. The maximum Gasteiger partial charge on any atom is 0.0439 e. The predicted octanol–water partition coefficient (Wildman–Crippen LogP) is 5.35. The molecule has 1 unspecified atom stereocenters. The van der Waals surface area contributed by atoms with Crippen molar-refractivity contribution in [3.63, 3.8) is 0 Å². The summed E-state index contributed by atoms with van der Waals surface area (Å²) < 4.78 is 0. The Morgan fingerprint density at radius 1 is 1.10 bits per heavy atom. The van der Waals surface area contributed by atoms with E-state index in [1.54, 1.807) is 6.07 Å². The number of rotatable bonds is 5. The van der Waals surface area contributed by atoms with Crippen LogP contribution >= 0.6 is 35.0 Å². The number of nitrogens with two attached hydrogens (primary N) is 1. The van der Waals surface area contributed by atoms with Crippen LogP contribution in [0.25, 0.3) is 0 Å². The molecule has 0 bridgehead atoms. The first-order chi connectivity index (χ1) is 9.60. The lowest BCUT2D eigenvalue weighted by atomic mass is 10.00. The summed E-state index contributed by atoms with van der Waals surface area (Å²) in [5.41, 5.74) is 8.36. The highest BCUT2D eigenvalue weighted by atomic mass is 35.5. The summed E-state index contributed by atoms with van der Waals surface area (Å²) in [6.07, 6.45) is 0.680. The van der Waals surface area contributed by atoms with Gasteiger partial charge in [-0.3, -0.25) is 0 Å². The first-order valence-electron chi connectivity index (χ1n) is 6.52. The van der Waals surface area contributed by atoms with E-state index in [0.717, 1.165) is 16.9 Å². The van der Waals surface area contributed by atoms with Crippen molar-refractivity contribution in [3.8, 4) is 0 Å². The van der Waals surface area contributed by atoms with Gasteiger partial charge in [0.25, 0.3) is 0 Å². The van der Waals surface area contributed by atoms with Crippen LogP contribution in [0.3, 0.4) is 0 Å². The molecule has 0 fully saturated rings. The Kier molecular flexibility index (Phi) is 5.79. The average Bonchev–Trinajstić information content (AvgIpc) is 2.44. The minimum absolute atomic E-state index is 0.0772. The number of benzene rings is 2. The van der Waals surface area contributed by atoms with E-state index >= 15 is 0 Å². The Balaban J connectivity index is 2.11. The molecule has 0 aliphatic rings. The van der Waals surface area contributed by atoms with Crippen molar-refractivity contribution < 1.29 is 0 Å². The van der Waals surface area contributed by atoms with Crippen molar-refractivity contribution in [2.45, 2.75) is 24.3 Å². The van der Waals surface area contributed by atoms with Gasteiger partial charge < -0.3 is 5.73 Å². The Morgan fingerprint density at radius 3 is 2.45 bits per heavy atom. The Morgan fingerprint density at radius 2 is 1.80 bits per heavy atom. The molecule has 0 saturated heterocycles. The van der Waals surface area contributed by atoms with Crippen LogP contribution in [-0.4, -0.2) is 5.75 Å². The van der Waals surface area contributed by atoms with Crippen LogP contribution in [0.1, 0.15) is 24.1 Å². The zero-order valence-corrected chi connectivity index (χ0v) is 13.6. The van der Waals surface area contributed by atoms with Crippen LogP contribution in [0.4, 0.5) is 0 Å². The highest BCUT2D eigenvalue weighted by Crippen LogP contribution is 2.26. The van der Waals surface area contributed by atoms with E-state index in [1.165, 1.54) is 4.90 Å². The molecule has 0 aromatic heterocycles. The fourth-order valence-electron chi connectivity index (χ4n) is 2.03. The molecule has 0 amide bonds. The lowest BCUT2D eigenvalue weighted by molar-refractivity contribution is 0.721. The summed E-state index contributed by atoms with van der Waals surface area (Å²) in [5, 5.41) is 1.40. The second-order valence-electron chi connectivity index (χ2n) is 4.55. The summed E-state index contributed by atoms with van der Waals surface area (Å²) in [6, 6.07) is 13.8. The molecule has 2 aromatic rings. The Labute approximate surface area is 134 Å². The Bertz CT molecular complexity index is 569. The number of halogens is 2. The summed E-state index contributed by atoms with van der Waals surface area (Å²) in [4.78, 5) is 1.27. The molecule has 0 spiro atoms. The van der Waals surface area contributed by atoms with Crippen LogP contribution in [0.15, 0.2) is 47.4 Å². The summed E-state index contributed by atoms with van der Waals surface area (Å²) >= 11 is 14.0. The van der Waals surface area contributed by atoms with Gasteiger partial charge in [0.15, 0.2) is 0 Å². The minimum atomic E-state index is -0.0772. The standard InChI is InChI=1S/C16H17Cl2NS/c1-2-20-14-6-3-11(4-7-14)16(19)10-12-9-13(17)5-8-15(12)18/h3-9,16H,2,10,19H2,1H3. The Hall–Kier alpha value is -0.670. The van der Waals surface area contributed by atoms with E-state index in [2.05, 4.69) is 31.2 Å². The molecule has 20 heavy (non-hydrogen) atoms. The van der Waals surface area contributed by atoms with Crippen molar-refractivity contribution in [1.82, 2.24) is 0 Å². The third kappa shape index (κ3) is 4.16. The molecule has 1 atom stereocenters. The van der Waals surface area contributed by atoms with Gasteiger partial charge in [-0.15, -0.1) is 11.8 Å². The van der Waals surface area contributed by atoms with Gasteiger partial charge in [-0.05, 0) is 53.6 Å². The van der Waals surface area contributed by atoms with Gasteiger partial charge in [-0.1, -0.05) is 42.3 Å². The molecule has 0 radical (unpaired) electrons. The van der Waals surface area contributed by atoms with E-state index in [1.807, 2.05) is 23.9 Å². The van der Waals surface area contributed by atoms with E-state index < -0.39 is 0 Å². The van der Waals surface area contributed by atoms with Crippen molar-refractivity contribution >= 4 is 35.0 Å². The lowest BCUT2D eigenvalue weighted by Gasteiger charge is -2.14. The monoisotopic (exact) mass is 325 g/mol. The third-order valence-corrected chi connectivity index (χ3v) is 4.56. The largest absolute Gasteiger partial charge is 0.324 e. The van der Waals surface area contributed by atoms with Crippen molar-refractivity contribution in [2.75, 3.05) is 5.75 Å². The summed E-state index contributed by atoms with van der Waals surface area (Å²) in [6.45, 7) is 2.14. The molecular weight excluding hydrogens is 309 g/mol. The molecule has 0 heterocycles. The van der Waals surface area contributed by atoms with Crippen molar-refractivity contribution in [3.05, 3.63) is 63.6 Å². The molecule has 2 N–H and O–H groups in total. The van der Waals surface area contributed by atoms with Crippen molar-refractivity contribution in [1.29, 1.82) is 0 Å². The van der Waals surface area contributed by atoms with Gasteiger partial charge in [-0.2, -0.15) is 0 Å². The third-order valence-electron chi connectivity index (χ3n) is 3.07. The summed E-state index contributed by atoms with van der Waals surface area (Å²) in [7, 11) is 0. The normalized spacial score (nSPS) is 12.4. The lowest BCUT2D eigenvalue weighted by Crippen LogP contribution is -2.13. The van der Waals surface area contributed by atoms with Gasteiger partial charge in [0.05, 0.1) is 0 Å². The number of hydrogen-bond acceptors (Lipinski definition) is 2. The van der Waals surface area contributed by atoms with Crippen LogP contribution < -0.4 is 5.73 Å². The maximum atomic E-state index is 6.26. The number of hydrogen-bond donors (Lipinski definition) is 1. The van der Waals surface area contributed by atoms with Crippen LogP contribution in [-0.2, 0) is 6.42 Å². The second kappa shape index (κ2) is 7.37. The SMILES string of the molecule is CCSc1ccc(C(N)Cc2cc(Cl)ccc2Cl)cc1. The van der Waals surface area contributed by atoms with Gasteiger partial charge >= 0.3 is 0 Å². The second-order valence-corrected chi connectivity index (χ2v) is 6.73. The van der Waals surface area contributed by atoms with Crippen LogP contribution in [0.2, 0.25) is 10.0 Å². The van der Waals surface area contributed by atoms with Gasteiger partial charge in [-0.25, -0.2) is 0 Å². The molecule has 2 aromatic carbocycles. The van der Waals surface area contributed by atoms with Gasteiger partial charge in [0.1, 0.15) is 0 Å². The zero-order valence-electron chi connectivity index (χ0n) is 11.3. The van der Waals surface area contributed by atoms with E-state index in [9.17, 15) is 0 Å². The molecule has 0 saturated carbocycles. The quantitative estimate of drug-likeness (QED) is 0.750. The molecule has 0 aliphatic carbocycles.